The van der Waals surface area contributed by atoms with Crippen molar-refractivity contribution >= 4 is 24.0 Å². The Balaban J connectivity index is 1.82. The lowest BCUT2D eigenvalue weighted by Gasteiger charge is -2.04. The van der Waals surface area contributed by atoms with E-state index in [1.165, 1.54) is 6.21 Å². The van der Waals surface area contributed by atoms with Crippen LogP contribution >= 0.6 is 0 Å². The first-order valence-electron chi connectivity index (χ1n) is 7.77. The lowest BCUT2D eigenvalue weighted by Crippen LogP contribution is -2.31. The maximum Gasteiger partial charge on any atom is 0.343 e. The van der Waals surface area contributed by atoms with Crippen molar-refractivity contribution < 1.29 is 19.1 Å². The summed E-state index contributed by atoms with van der Waals surface area (Å²) in [4.78, 5) is 34.3. The fourth-order valence-electron chi connectivity index (χ4n) is 1.90. The molecule has 0 aliphatic heterocycles. The van der Waals surface area contributed by atoms with Crippen molar-refractivity contribution in [3.63, 3.8) is 0 Å². The molecule has 0 radical (unpaired) electrons. The number of hydrogen-bond donors (Lipinski definition) is 3. The van der Waals surface area contributed by atoms with Crippen molar-refractivity contribution in [2.24, 2.45) is 10.9 Å². The number of amides is 2. The van der Waals surface area contributed by atoms with Crippen molar-refractivity contribution in [3.05, 3.63) is 65.7 Å². The number of carbonyl (C=O) groups excluding carboxylic acids is 3. The van der Waals surface area contributed by atoms with E-state index in [4.69, 9.17) is 10.6 Å². The molecule has 8 heteroatoms. The zero-order valence-corrected chi connectivity index (χ0v) is 13.8. The van der Waals surface area contributed by atoms with Crippen LogP contribution in [0.4, 0.5) is 0 Å². The number of ether oxygens (including phenoxy) is 1. The summed E-state index contributed by atoms with van der Waals surface area (Å²) in [6, 6.07) is 15.3. The van der Waals surface area contributed by atoms with Crippen LogP contribution in [-0.2, 0) is 9.59 Å². The Labute approximate surface area is 150 Å². The maximum atomic E-state index is 11.9. The highest BCUT2D eigenvalue weighted by molar-refractivity contribution is 5.91. The summed E-state index contributed by atoms with van der Waals surface area (Å²) < 4.78 is 5.26. The van der Waals surface area contributed by atoms with E-state index in [0.717, 1.165) is 0 Å². The maximum absolute atomic E-state index is 11.9. The average Bonchev–Trinajstić information content (AvgIpc) is 2.68. The lowest BCUT2D eigenvalue weighted by atomic mass is 10.2. The largest absolute Gasteiger partial charge is 0.423 e. The normalized spacial score (nSPS) is 10.3. The summed E-state index contributed by atoms with van der Waals surface area (Å²) in [7, 11) is 0. The number of carbonyl (C=O) groups is 3. The monoisotopic (exact) mass is 354 g/mol. The summed E-state index contributed by atoms with van der Waals surface area (Å²) in [5.41, 5.74) is 5.40. The molecule has 0 bridgehead atoms. The third-order valence-corrected chi connectivity index (χ3v) is 3.24. The summed E-state index contributed by atoms with van der Waals surface area (Å²) >= 11 is 0. The van der Waals surface area contributed by atoms with Gasteiger partial charge in [0.25, 0.3) is 0 Å². The van der Waals surface area contributed by atoms with Gasteiger partial charge in [-0.2, -0.15) is 5.10 Å². The summed E-state index contributed by atoms with van der Waals surface area (Å²) in [6.45, 7) is 0. The molecule has 0 saturated carbocycles. The molecule has 0 aliphatic carbocycles. The Hall–Kier alpha value is -3.52. The fraction of sp³-hybridized carbons (Fsp3) is 0.111. The van der Waals surface area contributed by atoms with Gasteiger partial charge in [0.2, 0.25) is 11.8 Å². The molecule has 0 fully saturated rings. The lowest BCUT2D eigenvalue weighted by molar-refractivity contribution is -0.126. The molecule has 0 aliphatic rings. The van der Waals surface area contributed by atoms with Crippen LogP contribution in [0, 0.1) is 0 Å². The number of hydrogen-bond acceptors (Lipinski definition) is 6. The highest BCUT2D eigenvalue weighted by atomic mass is 16.5. The first kappa shape index (κ1) is 18.8. The second-order valence-electron chi connectivity index (χ2n) is 5.19. The van der Waals surface area contributed by atoms with Gasteiger partial charge in [-0.25, -0.2) is 16.1 Å². The van der Waals surface area contributed by atoms with Crippen molar-refractivity contribution in [1.82, 2.24) is 10.9 Å². The van der Waals surface area contributed by atoms with Gasteiger partial charge in [0.1, 0.15) is 5.75 Å². The van der Waals surface area contributed by atoms with Crippen LogP contribution in [0.5, 0.6) is 5.75 Å². The predicted octanol–water partition coefficient (Wildman–Crippen LogP) is 1.13. The van der Waals surface area contributed by atoms with Gasteiger partial charge in [-0.05, 0) is 42.0 Å². The standard InChI is InChI=1S/C18H18N4O4/c19-21-16(23)10-11-17(24)22-20-12-13-6-8-15(9-7-13)26-18(25)14-4-2-1-3-5-14/h1-9,12H,10-11,19H2,(H,21,23)(H,22,24)/b20-12+. The zero-order valence-electron chi connectivity index (χ0n) is 13.8. The second-order valence-corrected chi connectivity index (χ2v) is 5.19. The molecule has 0 aromatic heterocycles. The Kier molecular flexibility index (Phi) is 7.02. The molecule has 4 N–H and O–H groups in total. The number of nitrogens with zero attached hydrogens (tertiary/aromatic N) is 1. The predicted molar refractivity (Wildman–Crippen MR) is 95.1 cm³/mol. The van der Waals surface area contributed by atoms with Crippen LogP contribution < -0.4 is 21.4 Å². The molecule has 2 rings (SSSR count). The van der Waals surface area contributed by atoms with Gasteiger partial charge in [-0.1, -0.05) is 18.2 Å². The molecule has 0 saturated heterocycles. The van der Waals surface area contributed by atoms with Crippen LogP contribution in [0.15, 0.2) is 59.7 Å². The van der Waals surface area contributed by atoms with Crippen LogP contribution in [0.2, 0.25) is 0 Å². The number of nitrogens with two attached hydrogens (primary N) is 1. The minimum absolute atomic E-state index is 0.0146. The van der Waals surface area contributed by atoms with Crippen LogP contribution in [0.1, 0.15) is 28.8 Å². The highest BCUT2D eigenvalue weighted by Gasteiger charge is 2.07. The first-order chi connectivity index (χ1) is 12.6. The van der Waals surface area contributed by atoms with Gasteiger partial charge in [0.15, 0.2) is 0 Å². The van der Waals surface area contributed by atoms with E-state index < -0.39 is 17.8 Å². The first-order valence-corrected chi connectivity index (χ1v) is 7.77. The molecule has 134 valence electrons. The minimum Gasteiger partial charge on any atom is -0.423 e. The van der Waals surface area contributed by atoms with E-state index in [0.29, 0.717) is 16.9 Å². The van der Waals surface area contributed by atoms with Crippen LogP contribution in [-0.4, -0.2) is 24.0 Å². The highest BCUT2D eigenvalue weighted by Crippen LogP contribution is 2.13. The number of esters is 1. The Morgan fingerprint density at radius 1 is 0.962 bits per heavy atom. The fourth-order valence-corrected chi connectivity index (χ4v) is 1.90. The molecular weight excluding hydrogens is 336 g/mol. The smallest absolute Gasteiger partial charge is 0.343 e. The average molecular weight is 354 g/mol. The van der Waals surface area contributed by atoms with Crippen molar-refractivity contribution in [2.75, 3.05) is 0 Å². The topological polar surface area (TPSA) is 123 Å². The third kappa shape index (κ3) is 6.17. The molecule has 2 aromatic rings. The van der Waals surface area contributed by atoms with Gasteiger partial charge >= 0.3 is 5.97 Å². The molecule has 2 amide bonds. The molecular formula is C18H18N4O4. The molecule has 8 nitrogen and oxygen atoms in total. The Morgan fingerprint density at radius 3 is 2.27 bits per heavy atom. The third-order valence-electron chi connectivity index (χ3n) is 3.24. The van der Waals surface area contributed by atoms with E-state index in [1.54, 1.807) is 48.5 Å². The van der Waals surface area contributed by atoms with E-state index in [-0.39, 0.29) is 12.8 Å². The Morgan fingerprint density at radius 2 is 1.62 bits per heavy atom. The minimum atomic E-state index is -0.444. The van der Waals surface area contributed by atoms with Crippen molar-refractivity contribution in [2.45, 2.75) is 12.8 Å². The molecule has 0 unspecified atom stereocenters. The van der Waals surface area contributed by atoms with E-state index in [1.807, 2.05) is 11.5 Å². The molecule has 26 heavy (non-hydrogen) atoms. The summed E-state index contributed by atoms with van der Waals surface area (Å²) in [5.74, 6) is 4.04. The number of hydrazone groups is 1. The van der Waals surface area contributed by atoms with Crippen LogP contribution in [0.3, 0.4) is 0 Å². The number of benzene rings is 2. The van der Waals surface area contributed by atoms with Crippen molar-refractivity contribution in [1.29, 1.82) is 0 Å². The van der Waals surface area contributed by atoms with E-state index in [9.17, 15) is 14.4 Å². The van der Waals surface area contributed by atoms with E-state index >= 15 is 0 Å². The molecule has 0 heterocycles. The van der Waals surface area contributed by atoms with E-state index in [2.05, 4.69) is 10.5 Å². The zero-order chi connectivity index (χ0) is 18.8. The van der Waals surface area contributed by atoms with Gasteiger partial charge in [0.05, 0.1) is 11.8 Å². The number of nitrogens with one attached hydrogen (secondary N) is 2. The quantitative estimate of drug-likeness (QED) is 0.172. The molecule has 2 aromatic carbocycles. The van der Waals surface area contributed by atoms with Gasteiger partial charge in [-0.3, -0.25) is 15.0 Å². The second kappa shape index (κ2) is 9.70. The summed E-state index contributed by atoms with van der Waals surface area (Å²) in [6.07, 6.45) is 1.40. The Bertz CT molecular complexity index is 789. The molecule has 0 atom stereocenters. The molecule has 0 spiro atoms. The van der Waals surface area contributed by atoms with Gasteiger partial charge in [0, 0.05) is 12.8 Å². The van der Waals surface area contributed by atoms with Gasteiger partial charge < -0.3 is 4.74 Å². The number of hydrazine groups is 1. The summed E-state index contributed by atoms with van der Waals surface area (Å²) in [5, 5.41) is 3.79. The van der Waals surface area contributed by atoms with Crippen LogP contribution in [0.25, 0.3) is 0 Å². The SMILES string of the molecule is NNC(=O)CCC(=O)N/N=C/c1ccc(OC(=O)c2ccccc2)cc1. The van der Waals surface area contributed by atoms with Crippen molar-refractivity contribution in [3.8, 4) is 5.75 Å². The van der Waals surface area contributed by atoms with Gasteiger partial charge in [-0.15, -0.1) is 0 Å². The number of rotatable bonds is 7.